The average molecular weight is 215 g/mol. The van der Waals surface area contributed by atoms with Crippen LogP contribution in [0.4, 0.5) is 5.69 Å². The van der Waals surface area contributed by atoms with Gasteiger partial charge in [0.1, 0.15) is 0 Å². The predicted molar refractivity (Wildman–Crippen MR) is 67.1 cm³/mol. The molecule has 2 aromatic rings. The van der Waals surface area contributed by atoms with Crippen molar-refractivity contribution in [2.45, 2.75) is 26.8 Å². The standard InChI is InChI=1S/C13H17N3/c1-3-6-16-9-12(8-15-16)11-5-4-10(2)13(14)7-11/h4-5,7-9H,3,6,14H2,1-2H3. The van der Waals surface area contributed by atoms with Gasteiger partial charge in [-0.3, -0.25) is 4.68 Å². The van der Waals surface area contributed by atoms with Gasteiger partial charge in [0.25, 0.3) is 0 Å². The smallest absolute Gasteiger partial charge is 0.0568 e. The summed E-state index contributed by atoms with van der Waals surface area (Å²) in [5, 5.41) is 4.31. The highest BCUT2D eigenvalue weighted by molar-refractivity contribution is 5.67. The Morgan fingerprint density at radius 1 is 1.31 bits per heavy atom. The lowest BCUT2D eigenvalue weighted by Crippen LogP contribution is -1.95. The SMILES string of the molecule is CCCn1cc(-c2ccc(C)c(N)c2)cn1. The van der Waals surface area contributed by atoms with E-state index in [4.69, 9.17) is 5.73 Å². The molecule has 0 saturated carbocycles. The fourth-order valence-electron chi connectivity index (χ4n) is 1.68. The van der Waals surface area contributed by atoms with Crippen LogP contribution in [0.15, 0.2) is 30.6 Å². The Balaban J connectivity index is 2.31. The number of hydrogen-bond donors (Lipinski definition) is 1. The van der Waals surface area contributed by atoms with Crippen LogP contribution < -0.4 is 5.73 Å². The molecule has 0 saturated heterocycles. The summed E-state index contributed by atoms with van der Waals surface area (Å²) in [5.74, 6) is 0. The first-order valence-electron chi connectivity index (χ1n) is 5.59. The Kier molecular flexibility index (Phi) is 2.95. The number of nitrogen functional groups attached to an aromatic ring is 1. The number of aryl methyl sites for hydroxylation is 2. The second-order valence-electron chi connectivity index (χ2n) is 4.06. The molecule has 3 nitrogen and oxygen atoms in total. The monoisotopic (exact) mass is 215 g/mol. The lowest BCUT2D eigenvalue weighted by Gasteiger charge is -2.02. The van der Waals surface area contributed by atoms with Crippen LogP contribution in [-0.2, 0) is 6.54 Å². The predicted octanol–water partition coefficient (Wildman–Crippen LogP) is 2.85. The van der Waals surface area contributed by atoms with E-state index in [1.165, 1.54) is 0 Å². The van der Waals surface area contributed by atoms with E-state index in [1.807, 2.05) is 29.9 Å². The van der Waals surface area contributed by atoms with Crippen molar-refractivity contribution in [3.05, 3.63) is 36.2 Å². The largest absolute Gasteiger partial charge is 0.398 e. The minimum Gasteiger partial charge on any atom is -0.398 e. The van der Waals surface area contributed by atoms with Crippen molar-refractivity contribution in [2.24, 2.45) is 0 Å². The molecule has 0 bridgehead atoms. The molecule has 16 heavy (non-hydrogen) atoms. The number of nitrogens with zero attached hydrogens (tertiary/aromatic N) is 2. The minimum atomic E-state index is 0.834. The quantitative estimate of drug-likeness (QED) is 0.800. The van der Waals surface area contributed by atoms with Crippen LogP contribution in [0.25, 0.3) is 11.1 Å². The van der Waals surface area contributed by atoms with Gasteiger partial charge in [-0.25, -0.2) is 0 Å². The molecule has 0 aliphatic heterocycles. The van der Waals surface area contributed by atoms with Gasteiger partial charge in [0, 0.05) is 24.0 Å². The first kappa shape index (κ1) is 10.7. The van der Waals surface area contributed by atoms with Gasteiger partial charge >= 0.3 is 0 Å². The summed E-state index contributed by atoms with van der Waals surface area (Å²) in [6.07, 6.45) is 5.05. The molecular formula is C13H17N3. The fourth-order valence-corrected chi connectivity index (χ4v) is 1.68. The van der Waals surface area contributed by atoms with Crippen molar-refractivity contribution in [2.75, 3.05) is 5.73 Å². The van der Waals surface area contributed by atoms with Crippen LogP contribution in [0.3, 0.4) is 0 Å². The van der Waals surface area contributed by atoms with Gasteiger partial charge in [0.05, 0.1) is 6.20 Å². The van der Waals surface area contributed by atoms with E-state index in [9.17, 15) is 0 Å². The maximum atomic E-state index is 5.90. The number of benzene rings is 1. The van der Waals surface area contributed by atoms with Gasteiger partial charge in [-0.1, -0.05) is 19.1 Å². The second-order valence-corrected chi connectivity index (χ2v) is 4.06. The highest BCUT2D eigenvalue weighted by atomic mass is 15.3. The van der Waals surface area contributed by atoms with Gasteiger partial charge in [-0.15, -0.1) is 0 Å². The van der Waals surface area contributed by atoms with Gasteiger partial charge in [0.2, 0.25) is 0 Å². The van der Waals surface area contributed by atoms with Crippen LogP contribution in [0, 0.1) is 6.92 Å². The van der Waals surface area contributed by atoms with Gasteiger partial charge < -0.3 is 5.73 Å². The summed E-state index contributed by atoms with van der Waals surface area (Å²) in [6, 6.07) is 6.13. The summed E-state index contributed by atoms with van der Waals surface area (Å²) in [5.41, 5.74) is 10.1. The van der Waals surface area contributed by atoms with Crippen LogP contribution in [0.1, 0.15) is 18.9 Å². The molecule has 0 atom stereocenters. The maximum Gasteiger partial charge on any atom is 0.0568 e. The Morgan fingerprint density at radius 3 is 2.81 bits per heavy atom. The Bertz CT molecular complexity index is 486. The molecule has 0 fully saturated rings. The molecular weight excluding hydrogens is 198 g/mol. The third-order valence-electron chi connectivity index (χ3n) is 2.70. The number of rotatable bonds is 3. The minimum absolute atomic E-state index is 0.834. The molecule has 0 unspecified atom stereocenters. The highest BCUT2D eigenvalue weighted by Crippen LogP contribution is 2.23. The molecule has 0 aliphatic rings. The molecule has 84 valence electrons. The maximum absolute atomic E-state index is 5.90. The molecule has 1 aromatic carbocycles. The first-order chi connectivity index (χ1) is 7.70. The molecule has 2 rings (SSSR count). The Morgan fingerprint density at radius 2 is 2.12 bits per heavy atom. The zero-order valence-corrected chi connectivity index (χ0v) is 9.77. The molecule has 0 spiro atoms. The second kappa shape index (κ2) is 4.39. The van der Waals surface area contributed by atoms with Crippen molar-refractivity contribution in [1.29, 1.82) is 0 Å². The van der Waals surface area contributed by atoms with Crippen LogP contribution in [0.5, 0.6) is 0 Å². The van der Waals surface area contributed by atoms with E-state index in [0.29, 0.717) is 0 Å². The molecule has 0 amide bonds. The Labute approximate surface area is 95.9 Å². The van der Waals surface area contributed by atoms with Crippen molar-refractivity contribution in [3.8, 4) is 11.1 Å². The average Bonchev–Trinajstić information content (AvgIpc) is 2.71. The summed E-state index contributed by atoms with van der Waals surface area (Å²) in [7, 11) is 0. The van der Waals surface area contributed by atoms with Crippen molar-refractivity contribution in [3.63, 3.8) is 0 Å². The topological polar surface area (TPSA) is 43.8 Å². The normalized spacial score (nSPS) is 10.6. The van der Waals surface area contributed by atoms with E-state index in [2.05, 4.69) is 24.3 Å². The van der Waals surface area contributed by atoms with Gasteiger partial charge in [0.15, 0.2) is 0 Å². The molecule has 1 aromatic heterocycles. The number of aromatic nitrogens is 2. The van der Waals surface area contributed by atoms with Crippen molar-refractivity contribution < 1.29 is 0 Å². The molecule has 3 heteroatoms. The zero-order chi connectivity index (χ0) is 11.5. The van der Waals surface area contributed by atoms with Gasteiger partial charge in [-0.05, 0) is 30.5 Å². The van der Waals surface area contributed by atoms with Crippen LogP contribution in [-0.4, -0.2) is 9.78 Å². The highest BCUT2D eigenvalue weighted by Gasteiger charge is 2.02. The number of hydrogen-bond acceptors (Lipinski definition) is 2. The molecule has 1 heterocycles. The summed E-state index contributed by atoms with van der Waals surface area (Å²) in [4.78, 5) is 0. The summed E-state index contributed by atoms with van der Waals surface area (Å²) in [6.45, 7) is 5.12. The van der Waals surface area contributed by atoms with Crippen LogP contribution >= 0.6 is 0 Å². The van der Waals surface area contributed by atoms with E-state index < -0.39 is 0 Å². The zero-order valence-electron chi connectivity index (χ0n) is 9.77. The third-order valence-corrected chi connectivity index (χ3v) is 2.70. The Hall–Kier alpha value is -1.77. The van der Waals surface area contributed by atoms with Crippen molar-refractivity contribution >= 4 is 5.69 Å². The van der Waals surface area contributed by atoms with E-state index in [-0.39, 0.29) is 0 Å². The number of anilines is 1. The third kappa shape index (κ3) is 2.08. The fraction of sp³-hybridized carbons (Fsp3) is 0.308. The number of nitrogens with two attached hydrogens (primary N) is 1. The summed E-state index contributed by atoms with van der Waals surface area (Å²) >= 11 is 0. The van der Waals surface area contributed by atoms with Crippen molar-refractivity contribution in [1.82, 2.24) is 9.78 Å². The molecule has 0 radical (unpaired) electrons. The van der Waals surface area contributed by atoms with E-state index >= 15 is 0 Å². The van der Waals surface area contributed by atoms with E-state index in [1.54, 1.807) is 0 Å². The van der Waals surface area contributed by atoms with Gasteiger partial charge in [-0.2, -0.15) is 5.10 Å². The molecule has 0 aliphatic carbocycles. The summed E-state index contributed by atoms with van der Waals surface area (Å²) < 4.78 is 1.96. The molecule has 2 N–H and O–H groups in total. The van der Waals surface area contributed by atoms with E-state index in [0.717, 1.165) is 35.3 Å². The lowest BCUT2D eigenvalue weighted by atomic mass is 10.1. The lowest BCUT2D eigenvalue weighted by molar-refractivity contribution is 0.603. The van der Waals surface area contributed by atoms with Crippen LogP contribution in [0.2, 0.25) is 0 Å². The first-order valence-corrected chi connectivity index (χ1v) is 5.59.